The number of carbonyl (C=O) groups excluding carboxylic acids is 1. The van der Waals surface area contributed by atoms with Crippen molar-refractivity contribution in [3.8, 4) is 11.4 Å². The maximum atomic E-state index is 13.2. The van der Waals surface area contributed by atoms with Crippen LogP contribution < -0.4 is 4.74 Å². The molecule has 2 aromatic rings. The molecule has 25 heavy (non-hydrogen) atoms. The van der Waals surface area contributed by atoms with Crippen molar-refractivity contribution < 1.29 is 9.53 Å². The molecule has 1 saturated carbocycles. The lowest BCUT2D eigenvalue weighted by Crippen LogP contribution is -2.45. The van der Waals surface area contributed by atoms with Crippen molar-refractivity contribution in [1.29, 1.82) is 0 Å². The summed E-state index contributed by atoms with van der Waals surface area (Å²) in [6.45, 7) is 5.01. The first-order valence-electron chi connectivity index (χ1n) is 8.88. The quantitative estimate of drug-likeness (QED) is 0.834. The molecule has 1 fully saturated rings. The van der Waals surface area contributed by atoms with Crippen molar-refractivity contribution >= 4 is 5.91 Å². The summed E-state index contributed by atoms with van der Waals surface area (Å²) in [7, 11) is 1.59. The lowest BCUT2D eigenvalue weighted by atomic mass is 9.84. The number of hydrogen-bond donors (Lipinski definition) is 0. The Balaban J connectivity index is 1.92. The molecule has 0 saturated heterocycles. The zero-order valence-corrected chi connectivity index (χ0v) is 15.1. The molecule has 1 amide bonds. The predicted molar refractivity (Wildman–Crippen MR) is 93.8 cm³/mol. The van der Waals surface area contributed by atoms with Gasteiger partial charge in [-0.15, -0.1) is 5.10 Å². The topological polar surface area (TPSA) is 73.1 Å². The van der Waals surface area contributed by atoms with E-state index >= 15 is 0 Å². The average Bonchev–Trinajstić information content (AvgIpc) is 3.17. The molecule has 7 nitrogen and oxygen atoms in total. The Morgan fingerprint density at radius 1 is 1.36 bits per heavy atom. The monoisotopic (exact) mass is 343 g/mol. The molecule has 1 heterocycles. The minimum atomic E-state index is 0.0539. The van der Waals surface area contributed by atoms with E-state index < -0.39 is 0 Å². The summed E-state index contributed by atoms with van der Waals surface area (Å²) in [4.78, 5) is 15.2. The van der Waals surface area contributed by atoms with Crippen LogP contribution in [0.2, 0.25) is 0 Å². The van der Waals surface area contributed by atoms with Crippen molar-refractivity contribution in [1.82, 2.24) is 25.1 Å². The number of nitrogens with zero attached hydrogens (tertiary/aromatic N) is 5. The summed E-state index contributed by atoms with van der Waals surface area (Å²) in [5, 5.41) is 11.2. The molecule has 0 unspecified atom stereocenters. The minimum Gasteiger partial charge on any atom is -0.494 e. The van der Waals surface area contributed by atoms with E-state index in [-0.39, 0.29) is 5.91 Å². The molecule has 1 aliphatic rings. The number of aromatic nitrogens is 4. The van der Waals surface area contributed by atoms with Crippen LogP contribution in [0.5, 0.6) is 5.75 Å². The van der Waals surface area contributed by atoms with Gasteiger partial charge in [-0.05, 0) is 54.3 Å². The van der Waals surface area contributed by atoms with E-state index in [1.165, 1.54) is 30.3 Å². The Morgan fingerprint density at radius 3 is 2.80 bits per heavy atom. The first kappa shape index (κ1) is 17.4. The number of carbonyl (C=O) groups is 1. The first-order chi connectivity index (χ1) is 12.2. The number of ether oxygens (including phenoxy) is 1. The van der Waals surface area contributed by atoms with Gasteiger partial charge in [-0.2, -0.15) is 4.68 Å². The van der Waals surface area contributed by atoms with Crippen molar-refractivity contribution in [2.75, 3.05) is 13.7 Å². The highest BCUT2D eigenvalue weighted by molar-refractivity contribution is 5.95. The first-order valence-corrected chi connectivity index (χ1v) is 8.88. The van der Waals surface area contributed by atoms with E-state index in [2.05, 4.69) is 22.4 Å². The SMILES string of the molecule is CCN(C(=O)c1ccc(OC)c(-n2cnnn2)c1)[C@H]1CCCC[C@@H]1C. The van der Waals surface area contributed by atoms with Crippen LogP contribution in [0.3, 0.4) is 0 Å². The number of methoxy groups -OCH3 is 1. The molecule has 134 valence electrons. The van der Waals surface area contributed by atoms with Gasteiger partial charge in [-0.3, -0.25) is 4.79 Å². The van der Waals surface area contributed by atoms with Crippen LogP contribution in [0.1, 0.15) is 49.9 Å². The summed E-state index contributed by atoms with van der Waals surface area (Å²) in [5.74, 6) is 1.21. The largest absolute Gasteiger partial charge is 0.494 e. The molecule has 7 heteroatoms. The second-order valence-corrected chi connectivity index (χ2v) is 6.56. The Kier molecular flexibility index (Phi) is 5.31. The van der Waals surface area contributed by atoms with Crippen molar-refractivity contribution in [3.63, 3.8) is 0 Å². The minimum absolute atomic E-state index is 0.0539. The second-order valence-electron chi connectivity index (χ2n) is 6.56. The zero-order chi connectivity index (χ0) is 17.8. The normalized spacial score (nSPS) is 20.3. The molecule has 0 N–H and O–H groups in total. The van der Waals surface area contributed by atoms with Gasteiger partial charge in [0.05, 0.1) is 7.11 Å². The maximum Gasteiger partial charge on any atom is 0.254 e. The number of hydrogen-bond acceptors (Lipinski definition) is 5. The van der Waals surface area contributed by atoms with Gasteiger partial charge in [0.2, 0.25) is 0 Å². The fourth-order valence-electron chi connectivity index (χ4n) is 3.73. The molecule has 2 atom stereocenters. The van der Waals surface area contributed by atoms with E-state index in [0.29, 0.717) is 35.5 Å². The molecule has 1 aromatic heterocycles. The summed E-state index contributed by atoms with van der Waals surface area (Å²) in [6.07, 6.45) is 6.21. The van der Waals surface area contributed by atoms with Crippen molar-refractivity contribution in [2.45, 2.75) is 45.6 Å². The van der Waals surface area contributed by atoms with E-state index in [1.54, 1.807) is 19.2 Å². The summed E-state index contributed by atoms with van der Waals surface area (Å²) in [6, 6.07) is 5.71. The number of amides is 1. The number of benzene rings is 1. The molecule has 1 aromatic carbocycles. The second kappa shape index (κ2) is 7.63. The summed E-state index contributed by atoms with van der Waals surface area (Å²) < 4.78 is 6.89. The van der Waals surface area contributed by atoms with Gasteiger partial charge >= 0.3 is 0 Å². The fourth-order valence-corrected chi connectivity index (χ4v) is 3.73. The smallest absolute Gasteiger partial charge is 0.254 e. The lowest BCUT2D eigenvalue weighted by molar-refractivity contribution is 0.0570. The molecule has 0 radical (unpaired) electrons. The highest BCUT2D eigenvalue weighted by Crippen LogP contribution is 2.30. The van der Waals surface area contributed by atoms with Crippen LogP contribution in [0.4, 0.5) is 0 Å². The molecule has 0 spiro atoms. The third kappa shape index (κ3) is 3.50. The molecule has 1 aliphatic carbocycles. The summed E-state index contributed by atoms with van der Waals surface area (Å²) >= 11 is 0. The Bertz CT molecular complexity index is 716. The van der Waals surface area contributed by atoms with Gasteiger partial charge in [0.15, 0.2) is 0 Å². The molecular weight excluding hydrogens is 318 g/mol. The van der Waals surface area contributed by atoms with Crippen LogP contribution in [-0.2, 0) is 0 Å². The van der Waals surface area contributed by atoms with Crippen LogP contribution in [0.25, 0.3) is 5.69 Å². The van der Waals surface area contributed by atoms with Gasteiger partial charge < -0.3 is 9.64 Å². The van der Waals surface area contributed by atoms with Gasteiger partial charge in [0, 0.05) is 18.2 Å². The fraction of sp³-hybridized carbons (Fsp3) is 0.556. The molecule has 0 bridgehead atoms. The van der Waals surface area contributed by atoms with E-state index in [4.69, 9.17) is 4.74 Å². The summed E-state index contributed by atoms with van der Waals surface area (Å²) in [5.41, 5.74) is 1.29. The van der Waals surface area contributed by atoms with Crippen LogP contribution in [0, 0.1) is 5.92 Å². The molecular formula is C18H25N5O2. The maximum absolute atomic E-state index is 13.2. The molecule has 0 aliphatic heterocycles. The average molecular weight is 343 g/mol. The van der Waals surface area contributed by atoms with E-state index in [1.807, 2.05) is 17.9 Å². The van der Waals surface area contributed by atoms with Gasteiger partial charge in [0.1, 0.15) is 17.8 Å². The highest BCUT2D eigenvalue weighted by Gasteiger charge is 2.30. The Labute approximate surface area is 148 Å². The van der Waals surface area contributed by atoms with E-state index in [9.17, 15) is 4.79 Å². The number of rotatable bonds is 5. The van der Waals surface area contributed by atoms with Gasteiger partial charge in [-0.1, -0.05) is 19.8 Å². The third-order valence-electron chi connectivity index (χ3n) is 5.09. The number of tetrazole rings is 1. The van der Waals surface area contributed by atoms with E-state index in [0.717, 1.165) is 6.42 Å². The zero-order valence-electron chi connectivity index (χ0n) is 15.1. The lowest BCUT2D eigenvalue weighted by Gasteiger charge is -2.38. The Morgan fingerprint density at radius 2 is 2.16 bits per heavy atom. The standard InChI is InChI=1S/C18H25N5O2/c1-4-22(15-8-6-5-7-13(15)2)18(24)14-9-10-17(25-3)16(11-14)23-12-19-20-21-23/h9-13,15H,4-8H2,1-3H3/t13-,15-/m0/s1. The third-order valence-corrected chi connectivity index (χ3v) is 5.09. The predicted octanol–water partition coefficient (Wildman–Crippen LogP) is 2.71. The van der Waals surface area contributed by atoms with Crippen LogP contribution in [-0.4, -0.2) is 50.7 Å². The Hall–Kier alpha value is -2.44. The van der Waals surface area contributed by atoms with Gasteiger partial charge in [-0.25, -0.2) is 0 Å². The van der Waals surface area contributed by atoms with Crippen molar-refractivity contribution in [2.24, 2.45) is 5.92 Å². The van der Waals surface area contributed by atoms with Crippen LogP contribution in [0.15, 0.2) is 24.5 Å². The molecule has 3 rings (SSSR count). The van der Waals surface area contributed by atoms with Crippen molar-refractivity contribution in [3.05, 3.63) is 30.1 Å². The van der Waals surface area contributed by atoms with Gasteiger partial charge in [0.25, 0.3) is 5.91 Å². The highest BCUT2D eigenvalue weighted by atomic mass is 16.5. The van der Waals surface area contributed by atoms with Crippen LogP contribution >= 0.6 is 0 Å².